The third-order valence-corrected chi connectivity index (χ3v) is 2.41. The lowest BCUT2D eigenvalue weighted by atomic mass is 10.0. The van der Waals surface area contributed by atoms with Gasteiger partial charge in [0.25, 0.3) is 0 Å². The molecule has 0 unspecified atom stereocenters. The molecule has 0 saturated heterocycles. The van der Waals surface area contributed by atoms with Crippen LogP contribution in [0.4, 0.5) is 0 Å². The van der Waals surface area contributed by atoms with Crippen LogP contribution < -0.4 is 5.32 Å². The van der Waals surface area contributed by atoms with E-state index in [2.05, 4.69) is 5.32 Å². The fraction of sp³-hybridized carbons (Fsp3) is 0.267. The minimum atomic E-state index is 0.210. The van der Waals surface area contributed by atoms with E-state index in [9.17, 15) is 4.79 Å². The van der Waals surface area contributed by atoms with Crippen molar-refractivity contribution in [2.24, 2.45) is 0 Å². The number of hydrogen-bond donors (Lipinski definition) is 1. The molecule has 0 saturated carbocycles. The van der Waals surface area contributed by atoms with Crippen molar-refractivity contribution in [1.29, 1.82) is 0 Å². The van der Waals surface area contributed by atoms with Crippen LogP contribution in [0.25, 0.3) is 10.8 Å². The lowest BCUT2D eigenvalue weighted by molar-refractivity contribution is 0.0990. The number of carbonyl (C=O) groups excluding carboxylic acids is 1. The van der Waals surface area contributed by atoms with E-state index < -0.39 is 0 Å². The van der Waals surface area contributed by atoms with Crippen molar-refractivity contribution in [3.05, 3.63) is 48.0 Å². The Labute approximate surface area is 103 Å². The molecule has 2 nitrogen and oxygen atoms in total. The first-order valence-electron chi connectivity index (χ1n) is 5.84. The van der Waals surface area contributed by atoms with E-state index in [1.54, 1.807) is 0 Å². The molecule has 0 spiro atoms. The van der Waals surface area contributed by atoms with Crippen LogP contribution in [0.1, 0.15) is 23.7 Å². The monoisotopic (exact) mass is 229 g/mol. The molecule has 90 valence electrons. The first-order chi connectivity index (χ1) is 8.24. The number of Topliss-reactive ketones (excluding diaryl/α,β-unsaturated/α-hetero) is 1. The van der Waals surface area contributed by atoms with Gasteiger partial charge in [-0.05, 0) is 24.9 Å². The average molecular weight is 229 g/mol. The van der Waals surface area contributed by atoms with E-state index in [0.717, 1.165) is 16.3 Å². The maximum Gasteiger partial charge on any atom is 0.163 e. The van der Waals surface area contributed by atoms with Gasteiger partial charge in [0.1, 0.15) is 0 Å². The van der Waals surface area contributed by atoms with E-state index >= 15 is 0 Å². The van der Waals surface area contributed by atoms with Gasteiger partial charge in [-0.2, -0.15) is 0 Å². The summed E-state index contributed by atoms with van der Waals surface area (Å²) in [5.41, 5.74) is 0.839. The van der Waals surface area contributed by atoms with Crippen LogP contribution in [0.3, 0.4) is 0 Å². The predicted molar refractivity (Wildman–Crippen MR) is 73.6 cm³/mol. The normalized spacial score (nSPS) is 9.59. The second-order valence-corrected chi connectivity index (χ2v) is 3.80. The SMILES string of the molecule is CCC(=O)c1cccc2ccccc12.CNC. The number of fused-ring (bicyclic) bond motifs is 1. The van der Waals surface area contributed by atoms with Crippen molar-refractivity contribution in [1.82, 2.24) is 5.32 Å². The lowest BCUT2D eigenvalue weighted by Crippen LogP contribution is -1.96. The Morgan fingerprint density at radius 2 is 1.65 bits per heavy atom. The fourth-order valence-corrected chi connectivity index (χ4v) is 1.66. The fourth-order valence-electron chi connectivity index (χ4n) is 1.66. The standard InChI is InChI=1S/C13H12O.C2H7N/c1-2-13(14)12-9-5-7-10-6-3-4-8-11(10)12;1-3-2/h3-9H,2H2,1H3;3H,1-2H3. The van der Waals surface area contributed by atoms with E-state index in [0.29, 0.717) is 6.42 Å². The Morgan fingerprint density at radius 1 is 1.06 bits per heavy atom. The van der Waals surface area contributed by atoms with Crippen molar-refractivity contribution in [3.63, 3.8) is 0 Å². The Balaban J connectivity index is 0.000000437. The highest BCUT2D eigenvalue weighted by atomic mass is 16.1. The molecule has 0 bridgehead atoms. The van der Waals surface area contributed by atoms with Crippen LogP contribution in [-0.4, -0.2) is 19.9 Å². The van der Waals surface area contributed by atoms with E-state index in [1.165, 1.54) is 0 Å². The molecule has 1 N–H and O–H groups in total. The van der Waals surface area contributed by atoms with Gasteiger partial charge in [0.05, 0.1) is 0 Å². The minimum Gasteiger partial charge on any atom is -0.323 e. The summed E-state index contributed by atoms with van der Waals surface area (Å²) >= 11 is 0. The summed E-state index contributed by atoms with van der Waals surface area (Å²) in [4.78, 5) is 11.6. The second kappa shape index (κ2) is 6.81. The van der Waals surface area contributed by atoms with E-state index in [-0.39, 0.29) is 5.78 Å². The topological polar surface area (TPSA) is 29.1 Å². The number of ketones is 1. The summed E-state index contributed by atoms with van der Waals surface area (Å²) in [5, 5.41) is 4.94. The highest BCUT2D eigenvalue weighted by molar-refractivity contribution is 6.07. The number of benzene rings is 2. The Morgan fingerprint density at radius 3 is 2.29 bits per heavy atom. The number of carbonyl (C=O) groups is 1. The maximum atomic E-state index is 11.6. The molecule has 0 aliphatic rings. The van der Waals surface area contributed by atoms with Gasteiger partial charge in [-0.25, -0.2) is 0 Å². The minimum absolute atomic E-state index is 0.210. The highest BCUT2D eigenvalue weighted by Gasteiger charge is 2.06. The molecule has 0 aromatic heterocycles. The molecular formula is C15H19NO. The Hall–Kier alpha value is -1.67. The molecule has 2 heteroatoms. The van der Waals surface area contributed by atoms with Gasteiger partial charge in [-0.1, -0.05) is 49.4 Å². The van der Waals surface area contributed by atoms with Crippen LogP contribution in [0.2, 0.25) is 0 Å². The Kier molecular flexibility index (Phi) is 5.37. The van der Waals surface area contributed by atoms with Gasteiger partial charge < -0.3 is 5.32 Å². The number of rotatable bonds is 2. The summed E-state index contributed by atoms with van der Waals surface area (Å²) in [5.74, 6) is 0.210. The number of nitrogens with one attached hydrogen (secondary N) is 1. The zero-order chi connectivity index (χ0) is 12.7. The molecule has 0 amide bonds. The highest BCUT2D eigenvalue weighted by Crippen LogP contribution is 2.19. The largest absolute Gasteiger partial charge is 0.323 e. The van der Waals surface area contributed by atoms with Gasteiger partial charge >= 0.3 is 0 Å². The molecule has 2 rings (SSSR count). The maximum absolute atomic E-state index is 11.6. The molecule has 0 fully saturated rings. The van der Waals surface area contributed by atoms with Crippen LogP contribution in [0, 0.1) is 0 Å². The predicted octanol–water partition coefficient (Wildman–Crippen LogP) is 3.27. The van der Waals surface area contributed by atoms with Crippen molar-refractivity contribution < 1.29 is 4.79 Å². The van der Waals surface area contributed by atoms with Crippen molar-refractivity contribution >= 4 is 16.6 Å². The first-order valence-corrected chi connectivity index (χ1v) is 5.84. The second-order valence-electron chi connectivity index (χ2n) is 3.80. The van der Waals surface area contributed by atoms with E-state index in [1.807, 2.05) is 63.5 Å². The molecule has 0 atom stereocenters. The molecule has 0 heterocycles. The lowest BCUT2D eigenvalue weighted by Gasteiger charge is -2.03. The summed E-state index contributed by atoms with van der Waals surface area (Å²) in [6.45, 7) is 1.89. The van der Waals surface area contributed by atoms with Crippen molar-refractivity contribution in [3.8, 4) is 0 Å². The van der Waals surface area contributed by atoms with Gasteiger partial charge in [0.2, 0.25) is 0 Å². The Bertz CT molecular complexity index is 486. The van der Waals surface area contributed by atoms with Gasteiger partial charge in [-0.3, -0.25) is 4.79 Å². The summed E-state index contributed by atoms with van der Waals surface area (Å²) in [7, 11) is 3.75. The van der Waals surface area contributed by atoms with Gasteiger partial charge in [-0.15, -0.1) is 0 Å². The smallest absolute Gasteiger partial charge is 0.163 e. The van der Waals surface area contributed by atoms with E-state index in [4.69, 9.17) is 0 Å². The van der Waals surface area contributed by atoms with Crippen LogP contribution >= 0.6 is 0 Å². The zero-order valence-corrected chi connectivity index (χ0v) is 10.7. The van der Waals surface area contributed by atoms with Crippen LogP contribution in [0.5, 0.6) is 0 Å². The van der Waals surface area contributed by atoms with Crippen LogP contribution in [0.15, 0.2) is 42.5 Å². The third-order valence-electron chi connectivity index (χ3n) is 2.41. The molecular weight excluding hydrogens is 210 g/mol. The average Bonchev–Trinajstić information content (AvgIpc) is 2.38. The zero-order valence-electron chi connectivity index (χ0n) is 10.7. The molecule has 17 heavy (non-hydrogen) atoms. The summed E-state index contributed by atoms with van der Waals surface area (Å²) in [6, 6.07) is 13.8. The van der Waals surface area contributed by atoms with Gasteiger partial charge in [0.15, 0.2) is 5.78 Å². The molecule has 2 aromatic carbocycles. The first kappa shape index (κ1) is 13.4. The summed E-state index contributed by atoms with van der Waals surface area (Å²) in [6.07, 6.45) is 0.563. The van der Waals surface area contributed by atoms with Gasteiger partial charge in [0, 0.05) is 12.0 Å². The van der Waals surface area contributed by atoms with Crippen molar-refractivity contribution in [2.45, 2.75) is 13.3 Å². The summed E-state index contributed by atoms with van der Waals surface area (Å²) < 4.78 is 0. The quantitative estimate of drug-likeness (QED) is 0.801. The van der Waals surface area contributed by atoms with Crippen LogP contribution in [-0.2, 0) is 0 Å². The molecule has 0 radical (unpaired) electrons. The van der Waals surface area contributed by atoms with Crippen molar-refractivity contribution in [2.75, 3.05) is 14.1 Å². The molecule has 2 aromatic rings. The molecule has 0 aliphatic heterocycles. The third kappa shape index (κ3) is 3.40. The molecule has 0 aliphatic carbocycles. The number of hydrogen-bond acceptors (Lipinski definition) is 2.